The molecule has 2 aromatic heterocycles. The smallest absolute Gasteiger partial charge is 0.342 e. The topological polar surface area (TPSA) is 165 Å². The normalized spacial score (nSPS) is 23.3. The highest BCUT2D eigenvalue weighted by molar-refractivity contribution is 6.02. The molecule has 5 fully saturated rings. The number of benzene rings is 1. The molecule has 9 rings (SSSR count). The lowest BCUT2D eigenvalue weighted by Gasteiger charge is -2.52. The molecule has 1 unspecified atom stereocenters. The first-order chi connectivity index (χ1) is 30.3. The van der Waals surface area contributed by atoms with Crippen LogP contribution in [0, 0.1) is 18.3 Å². The van der Waals surface area contributed by atoms with Crippen molar-refractivity contribution in [2.45, 2.75) is 108 Å². The summed E-state index contributed by atoms with van der Waals surface area (Å²) >= 11 is 0. The number of piperidine rings is 3. The Morgan fingerprint density at radius 2 is 1.70 bits per heavy atom. The summed E-state index contributed by atoms with van der Waals surface area (Å²) < 4.78 is 35.8. The Bertz CT molecular complexity index is 2250. The molecule has 336 valence electrons. The fraction of sp³-hybridized carbons (Fsp3) is 0.587. The number of aromatic nitrogens is 3. The van der Waals surface area contributed by atoms with Gasteiger partial charge in [-0.05, 0) is 119 Å². The monoisotopic (exact) mass is 868 g/mol. The Morgan fingerprint density at radius 3 is 2.40 bits per heavy atom. The van der Waals surface area contributed by atoms with E-state index >= 15 is 8.78 Å². The van der Waals surface area contributed by atoms with Gasteiger partial charge >= 0.3 is 5.92 Å². The molecule has 1 aromatic carbocycles. The van der Waals surface area contributed by atoms with Crippen molar-refractivity contribution in [1.82, 2.24) is 30.5 Å². The zero-order valence-electron chi connectivity index (χ0n) is 36.4. The predicted octanol–water partition coefficient (Wildman–Crippen LogP) is 5.70. The number of fused-ring (bicyclic) bond motifs is 1. The number of carbonyl (C=O) groups is 4. The molecule has 1 spiro atoms. The standard InChI is InChI=1S/C46H58F2N10O5/c1-28-36(12-11-34(50-28)33-9-13-39(59)53-42(33)61)57-18-14-29(15-19-57)26-56-20-16-45(17-21-56)23-31(24-45)51-41(60)30-8-10-35(38(22-30)63-3)52-44-49-25-37-40(54-44)58(32-6-4-5-7-32)27-46(47,48)43(62)55(37)2/h8,10-12,22,25,29,31-33H,4-7,9,13-21,23-24,26-27H2,1-3H3,(H,51,60)(H,49,52,54)(H,53,59,61). The SMILES string of the molecule is COc1cc(C(=O)NC2CC3(CCN(CC4CCN(c5ccc(C6CCC(=O)NC6=O)nc5C)CC4)CC3)C2)ccc1Nc1ncc2c(n1)N(C1CCCC1)CC(F)(F)C(=O)N2C. The van der Waals surface area contributed by atoms with Gasteiger partial charge in [0.25, 0.3) is 11.8 Å². The van der Waals surface area contributed by atoms with Crippen molar-refractivity contribution in [3.8, 4) is 5.75 Å². The van der Waals surface area contributed by atoms with Crippen LogP contribution in [0.5, 0.6) is 5.75 Å². The number of nitrogens with one attached hydrogen (secondary N) is 3. The molecule has 0 radical (unpaired) electrons. The van der Waals surface area contributed by atoms with Gasteiger partial charge in [-0.25, -0.2) is 4.98 Å². The van der Waals surface area contributed by atoms with E-state index in [1.807, 2.05) is 13.0 Å². The molecule has 1 atom stereocenters. The molecule has 15 nitrogen and oxygen atoms in total. The highest BCUT2D eigenvalue weighted by Crippen LogP contribution is 2.49. The van der Waals surface area contributed by atoms with E-state index in [9.17, 15) is 19.2 Å². The molecule has 3 N–H and O–H groups in total. The van der Waals surface area contributed by atoms with Crippen molar-refractivity contribution >= 4 is 52.5 Å². The van der Waals surface area contributed by atoms with Crippen LogP contribution < -0.4 is 35.4 Å². The Labute approximate surface area is 366 Å². The van der Waals surface area contributed by atoms with E-state index < -0.39 is 18.4 Å². The van der Waals surface area contributed by atoms with Gasteiger partial charge in [0.1, 0.15) is 11.4 Å². The van der Waals surface area contributed by atoms with Gasteiger partial charge in [-0.1, -0.05) is 12.8 Å². The van der Waals surface area contributed by atoms with Gasteiger partial charge in [0.2, 0.25) is 17.8 Å². The number of nitrogens with zero attached hydrogens (tertiary/aromatic N) is 7. The van der Waals surface area contributed by atoms with Crippen molar-refractivity contribution in [3.63, 3.8) is 0 Å². The average molecular weight is 869 g/mol. The fourth-order valence-corrected chi connectivity index (χ4v) is 10.9. The van der Waals surface area contributed by atoms with Crippen LogP contribution in [0.15, 0.2) is 36.5 Å². The van der Waals surface area contributed by atoms with E-state index in [1.165, 1.54) is 20.4 Å². The van der Waals surface area contributed by atoms with Gasteiger partial charge in [-0.3, -0.25) is 29.5 Å². The fourth-order valence-electron chi connectivity index (χ4n) is 10.9. The van der Waals surface area contributed by atoms with E-state index in [-0.39, 0.29) is 58.6 Å². The van der Waals surface area contributed by atoms with Crippen molar-refractivity contribution in [1.29, 1.82) is 0 Å². The summed E-state index contributed by atoms with van der Waals surface area (Å²) in [7, 11) is 2.84. The molecule has 3 saturated heterocycles. The molecule has 0 bridgehead atoms. The Hall–Kier alpha value is -5.45. The van der Waals surface area contributed by atoms with E-state index in [1.54, 1.807) is 23.1 Å². The first-order valence-corrected chi connectivity index (χ1v) is 22.6. The molecule has 2 saturated carbocycles. The predicted molar refractivity (Wildman–Crippen MR) is 234 cm³/mol. The maximum Gasteiger partial charge on any atom is 0.342 e. The number of anilines is 5. The number of ether oxygens (including phenoxy) is 1. The number of likely N-dealkylation sites (tertiary alicyclic amines) is 1. The second-order valence-corrected chi connectivity index (χ2v) is 18.7. The third-order valence-electron chi connectivity index (χ3n) is 14.6. The molecule has 2 aliphatic carbocycles. The lowest BCUT2D eigenvalue weighted by Crippen LogP contribution is -2.55. The molecule has 6 heterocycles. The Balaban J connectivity index is 0.740. The van der Waals surface area contributed by atoms with Crippen LogP contribution in [-0.4, -0.2) is 115 Å². The number of halogens is 2. The molecule has 4 amide bonds. The van der Waals surface area contributed by atoms with Crippen LogP contribution in [0.4, 0.5) is 37.6 Å². The van der Waals surface area contributed by atoms with Crippen molar-refractivity contribution in [3.05, 3.63) is 53.5 Å². The van der Waals surface area contributed by atoms with Gasteiger partial charge < -0.3 is 35.0 Å². The Morgan fingerprint density at radius 1 is 0.952 bits per heavy atom. The number of aryl methyl sites for hydroxylation is 1. The number of hydrogen-bond acceptors (Lipinski definition) is 12. The first kappa shape index (κ1) is 42.8. The van der Waals surface area contributed by atoms with Crippen LogP contribution in [0.2, 0.25) is 0 Å². The number of methoxy groups -OCH3 is 1. The largest absolute Gasteiger partial charge is 0.495 e. The van der Waals surface area contributed by atoms with Crippen LogP contribution in [0.25, 0.3) is 0 Å². The van der Waals surface area contributed by atoms with Gasteiger partial charge in [-0.15, -0.1) is 0 Å². The molecule has 63 heavy (non-hydrogen) atoms. The number of amides is 4. The highest BCUT2D eigenvalue weighted by atomic mass is 19.3. The summed E-state index contributed by atoms with van der Waals surface area (Å²) in [6.07, 6.45) is 12.0. The van der Waals surface area contributed by atoms with Crippen molar-refractivity contribution in [2.24, 2.45) is 11.3 Å². The zero-order chi connectivity index (χ0) is 44.0. The van der Waals surface area contributed by atoms with Crippen LogP contribution in [0.3, 0.4) is 0 Å². The summed E-state index contributed by atoms with van der Waals surface area (Å²) in [5.41, 5.74) is 4.25. The molecule has 4 aliphatic heterocycles. The minimum Gasteiger partial charge on any atom is -0.495 e. The first-order valence-electron chi connectivity index (χ1n) is 22.6. The maximum absolute atomic E-state index is 15.1. The summed E-state index contributed by atoms with van der Waals surface area (Å²) in [6.45, 7) is 6.48. The zero-order valence-corrected chi connectivity index (χ0v) is 36.4. The second-order valence-electron chi connectivity index (χ2n) is 18.7. The molecule has 3 aromatic rings. The van der Waals surface area contributed by atoms with E-state index in [2.05, 4.69) is 41.8 Å². The minimum absolute atomic E-state index is 0.112. The quantitative estimate of drug-likeness (QED) is 0.213. The van der Waals surface area contributed by atoms with Crippen LogP contribution in [0.1, 0.15) is 105 Å². The molecular weight excluding hydrogens is 811 g/mol. The molecule has 6 aliphatic rings. The van der Waals surface area contributed by atoms with Crippen LogP contribution >= 0.6 is 0 Å². The number of hydrogen-bond donors (Lipinski definition) is 3. The number of carbonyl (C=O) groups excluding carboxylic acids is 4. The number of rotatable bonds is 10. The molecular formula is C46H58F2N10O5. The van der Waals surface area contributed by atoms with E-state index in [4.69, 9.17) is 9.72 Å². The average Bonchev–Trinajstić information content (AvgIpc) is 3.79. The lowest BCUT2D eigenvalue weighted by molar-refractivity contribution is -0.140. The van der Waals surface area contributed by atoms with E-state index in [0.29, 0.717) is 35.8 Å². The van der Waals surface area contributed by atoms with Crippen molar-refractivity contribution in [2.75, 3.05) is 73.4 Å². The van der Waals surface area contributed by atoms with Gasteiger partial charge in [0.05, 0.1) is 48.5 Å². The lowest BCUT2D eigenvalue weighted by atomic mass is 9.60. The van der Waals surface area contributed by atoms with E-state index in [0.717, 1.165) is 119 Å². The molecule has 17 heteroatoms. The van der Waals surface area contributed by atoms with Crippen molar-refractivity contribution < 1.29 is 32.7 Å². The van der Waals surface area contributed by atoms with Crippen LogP contribution in [-0.2, 0) is 14.4 Å². The highest BCUT2D eigenvalue weighted by Gasteiger charge is 2.49. The second kappa shape index (κ2) is 17.3. The maximum atomic E-state index is 15.1. The number of alkyl halides is 2. The third-order valence-corrected chi connectivity index (χ3v) is 14.6. The third kappa shape index (κ3) is 8.77. The van der Waals surface area contributed by atoms with Gasteiger partial charge in [0, 0.05) is 50.7 Å². The summed E-state index contributed by atoms with van der Waals surface area (Å²) in [5.74, 6) is -4.36. The summed E-state index contributed by atoms with van der Waals surface area (Å²) in [6, 6.07) is 9.12. The summed E-state index contributed by atoms with van der Waals surface area (Å²) in [4.78, 5) is 71.5. The number of pyridine rings is 1. The minimum atomic E-state index is -3.57. The summed E-state index contributed by atoms with van der Waals surface area (Å²) in [5, 5.41) is 8.83. The Kier molecular flexibility index (Phi) is 11.7. The number of imide groups is 1. The van der Waals surface area contributed by atoms with Gasteiger partial charge in [-0.2, -0.15) is 13.8 Å². The van der Waals surface area contributed by atoms with Gasteiger partial charge in [0.15, 0.2) is 5.82 Å².